The second-order valence-corrected chi connectivity index (χ2v) is 3.94. The van der Waals surface area contributed by atoms with Crippen LogP contribution in [0.2, 0.25) is 0 Å². The summed E-state index contributed by atoms with van der Waals surface area (Å²) in [6.07, 6.45) is 0. The van der Waals surface area contributed by atoms with Crippen LogP contribution in [0.5, 0.6) is 0 Å². The van der Waals surface area contributed by atoms with Crippen molar-refractivity contribution in [2.45, 2.75) is 6.92 Å². The van der Waals surface area contributed by atoms with Gasteiger partial charge in [-0.3, -0.25) is 14.4 Å². The topological polar surface area (TPSA) is 122 Å². The lowest BCUT2D eigenvalue weighted by atomic mass is 10.1. The lowest BCUT2D eigenvalue weighted by Gasteiger charge is -2.10. The molecule has 0 aromatic heterocycles. The molecule has 0 atom stereocenters. The Labute approximate surface area is 109 Å². The van der Waals surface area contributed by atoms with Crippen molar-refractivity contribution >= 4 is 23.5 Å². The van der Waals surface area contributed by atoms with Gasteiger partial charge < -0.3 is 21.5 Å². The maximum Gasteiger partial charge on any atom is 0.322 e. The molecular formula is C12H15N3O4. The van der Waals surface area contributed by atoms with Gasteiger partial charge in [-0.05, 0) is 24.6 Å². The van der Waals surface area contributed by atoms with E-state index in [0.717, 1.165) is 5.56 Å². The minimum Gasteiger partial charge on any atom is -0.480 e. The summed E-state index contributed by atoms with van der Waals surface area (Å²) in [6.45, 7) is 1.24. The van der Waals surface area contributed by atoms with E-state index in [9.17, 15) is 14.4 Å². The molecule has 0 saturated heterocycles. The number of rotatable bonds is 6. The van der Waals surface area contributed by atoms with Gasteiger partial charge in [0, 0.05) is 5.69 Å². The number of aliphatic carboxylic acids is 1. The van der Waals surface area contributed by atoms with Gasteiger partial charge in [0.2, 0.25) is 5.91 Å². The zero-order valence-corrected chi connectivity index (χ0v) is 10.4. The molecule has 1 aromatic rings. The second-order valence-electron chi connectivity index (χ2n) is 3.94. The molecule has 0 heterocycles. The summed E-state index contributed by atoms with van der Waals surface area (Å²) in [5, 5.41) is 13.4. The number of hydrogen-bond donors (Lipinski definition) is 4. The third-order valence-electron chi connectivity index (χ3n) is 2.32. The molecule has 7 heteroatoms. The molecule has 1 aromatic carbocycles. The maximum absolute atomic E-state index is 11.3. The fourth-order valence-corrected chi connectivity index (χ4v) is 1.43. The molecule has 0 aliphatic rings. The molecule has 0 bridgehead atoms. The number of aryl methyl sites for hydroxylation is 1. The van der Waals surface area contributed by atoms with Gasteiger partial charge in [0.05, 0.1) is 12.1 Å². The van der Waals surface area contributed by atoms with Crippen molar-refractivity contribution in [2.24, 2.45) is 5.73 Å². The molecule has 0 spiro atoms. The molecule has 7 nitrogen and oxygen atoms in total. The highest BCUT2D eigenvalue weighted by molar-refractivity contribution is 5.99. The Morgan fingerprint density at radius 1 is 1.26 bits per heavy atom. The van der Waals surface area contributed by atoms with Crippen molar-refractivity contribution in [1.29, 1.82) is 0 Å². The first-order valence-electron chi connectivity index (χ1n) is 5.53. The van der Waals surface area contributed by atoms with Gasteiger partial charge in [-0.1, -0.05) is 6.07 Å². The van der Waals surface area contributed by atoms with E-state index in [2.05, 4.69) is 10.6 Å². The zero-order valence-electron chi connectivity index (χ0n) is 10.4. The Morgan fingerprint density at radius 2 is 1.95 bits per heavy atom. The molecule has 0 fully saturated rings. The lowest BCUT2D eigenvalue weighted by molar-refractivity contribution is -0.137. The van der Waals surface area contributed by atoms with Gasteiger partial charge in [0.15, 0.2) is 0 Å². The van der Waals surface area contributed by atoms with Crippen LogP contribution in [0, 0.1) is 6.92 Å². The maximum atomic E-state index is 11.3. The summed E-state index contributed by atoms with van der Waals surface area (Å²) in [6, 6.07) is 4.98. The highest BCUT2D eigenvalue weighted by Crippen LogP contribution is 2.16. The summed E-state index contributed by atoms with van der Waals surface area (Å²) < 4.78 is 0. The number of hydrogen-bond acceptors (Lipinski definition) is 4. The highest BCUT2D eigenvalue weighted by Gasteiger charge is 2.10. The molecule has 2 amide bonds. The second kappa shape index (κ2) is 6.39. The van der Waals surface area contributed by atoms with Crippen LogP contribution < -0.4 is 16.4 Å². The molecule has 102 valence electrons. The van der Waals surface area contributed by atoms with Crippen molar-refractivity contribution in [3.63, 3.8) is 0 Å². The van der Waals surface area contributed by atoms with E-state index < -0.39 is 24.3 Å². The zero-order chi connectivity index (χ0) is 14.4. The first-order valence-corrected chi connectivity index (χ1v) is 5.53. The number of carboxylic acids is 1. The Balaban J connectivity index is 2.66. The molecule has 1 rings (SSSR count). The van der Waals surface area contributed by atoms with Crippen LogP contribution in [0.1, 0.15) is 15.9 Å². The number of primary amides is 1. The standard InChI is InChI=1S/C12H15N3O4/c1-7-2-3-8(12(13)19)9(4-7)14-5-10(16)15-6-11(17)18/h2-4,14H,5-6H2,1H3,(H2,13,19)(H,15,16)(H,17,18). The van der Waals surface area contributed by atoms with Gasteiger partial charge in [-0.2, -0.15) is 0 Å². The molecule has 0 radical (unpaired) electrons. The van der Waals surface area contributed by atoms with Crippen molar-refractivity contribution in [3.8, 4) is 0 Å². The fraction of sp³-hybridized carbons (Fsp3) is 0.250. The first-order chi connectivity index (χ1) is 8.90. The third-order valence-corrected chi connectivity index (χ3v) is 2.32. The van der Waals surface area contributed by atoms with Crippen LogP contribution in [0.4, 0.5) is 5.69 Å². The summed E-state index contributed by atoms with van der Waals surface area (Å²) in [7, 11) is 0. The van der Waals surface area contributed by atoms with Gasteiger partial charge in [0.1, 0.15) is 6.54 Å². The number of carbonyl (C=O) groups excluding carboxylic acids is 2. The fourth-order valence-electron chi connectivity index (χ4n) is 1.43. The summed E-state index contributed by atoms with van der Waals surface area (Å²) in [4.78, 5) is 32.8. The Kier molecular flexibility index (Phi) is 4.87. The predicted molar refractivity (Wildman–Crippen MR) is 68.8 cm³/mol. The van der Waals surface area contributed by atoms with E-state index >= 15 is 0 Å². The highest BCUT2D eigenvalue weighted by atomic mass is 16.4. The van der Waals surface area contributed by atoms with Gasteiger partial charge in [0.25, 0.3) is 5.91 Å². The Bertz CT molecular complexity index is 514. The number of carbonyl (C=O) groups is 3. The van der Waals surface area contributed by atoms with Crippen molar-refractivity contribution in [3.05, 3.63) is 29.3 Å². The molecule has 0 unspecified atom stereocenters. The number of nitrogens with one attached hydrogen (secondary N) is 2. The molecule has 0 aliphatic heterocycles. The van der Waals surface area contributed by atoms with Crippen LogP contribution in [0.15, 0.2) is 18.2 Å². The minimum absolute atomic E-state index is 0.142. The minimum atomic E-state index is -1.12. The van der Waals surface area contributed by atoms with Crippen LogP contribution in [0.3, 0.4) is 0 Å². The van der Waals surface area contributed by atoms with Crippen LogP contribution in [-0.2, 0) is 9.59 Å². The van der Waals surface area contributed by atoms with E-state index in [1.807, 2.05) is 6.92 Å². The quantitative estimate of drug-likeness (QED) is 0.563. The Morgan fingerprint density at radius 3 is 2.53 bits per heavy atom. The Hall–Kier alpha value is -2.57. The van der Waals surface area contributed by atoms with Gasteiger partial charge in [-0.25, -0.2) is 0 Å². The normalized spacial score (nSPS) is 9.74. The third kappa shape index (κ3) is 4.66. The van der Waals surface area contributed by atoms with Gasteiger partial charge in [-0.15, -0.1) is 0 Å². The first kappa shape index (κ1) is 14.5. The van der Waals surface area contributed by atoms with E-state index in [-0.39, 0.29) is 12.1 Å². The number of amides is 2. The summed E-state index contributed by atoms with van der Waals surface area (Å²) in [5.74, 6) is -2.21. The van der Waals surface area contributed by atoms with Crippen LogP contribution >= 0.6 is 0 Å². The number of benzene rings is 1. The molecule has 19 heavy (non-hydrogen) atoms. The predicted octanol–water partition coefficient (Wildman–Crippen LogP) is -0.293. The van der Waals surface area contributed by atoms with E-state index in [0.29, 0.717) is 5.69 Å². The van der Waals surface area contributed by atoms with Crippen LogP contribution in [-0.4, -0.2) is 36.0 Å². The number of anilines is 1. The largest absolute Gasteiger partial charge is 0.480 e. The van der Waals surface area contributed by atoms with E-state index in [1.165, 1.54) is 0 Å². The number of nitrogens with two attached hydrogens (primary N) is 1. The molecule has 0 aliphatic carbocycles. The van der Waals surface area contributed by atoms with Crippen LogP contribution in [0.25, 0.3) is 0 Å². The molecule has 0 saturated carbocycles. The lowest BCUT2D eigenvalue weighted by Crippen LogP contribution is -2.34. The summed E-state index contributed by atoms with van der Waals surface area (Å²) in [5.41, 5.74) is 6.83. The van der Waals surface area contributed by atoms with Crippen molar-refractivity contribution in [1.82, 2.24) is 5.32 Å². The average Bonchev–Trinajstić information content (AvgIpc) is 2.33. The molecular weight excluding hydrogens is 250 g/mol. The smallest absolute Gasteiger partial charge is 0.322 e. The molecule has 5 N–H and O–H groups in total. The average molecular weight is 265 g/mol. The monoisotopic (exact) mass is 265 g/mol. The SMILES string of the molecule is Cc1ccc(C(N)=O)c(NCC(=O)NCC(=O)O)c1. The van der Waals surface area contributed by atoms with Crippen molar-refractivity contribution in [2.75, 3.05) is 18.4 Å². The number of carboxylic acid groups (broad SMARTS) is 1. The van der Waals surface area contributed by atoms with Gasteiger partial charge >= 0.3 is 5.97 Å². The van der Waals surface area contributed by atoms with E-state index in [1.54, 1.807) is 18.2 Å². The van der Waals surface area contributed by atoms with Crippen molar-refractivity contribution < 1.29 is 19.5 Å². The summed E-state index contributed by atoms with van der Waals surface area (Å²) >= 11 is 0. The van der Waals surface area contributed by atoms with E-state index in [4.69, 9.17) is 10.8 Å².